The normalized spacial score (nSPS) is 15.1. The Hall–Kier alpha value is -4.58. The fourth-order valence-corrected chi connectivity index (χ4v) is 3.48. The molecule has 33 heavy (non-hydrogen) atoms. The van der Waals surface area contributed by atoms with Gasteiger partial charge in [-0.2, -0.15) is 5.26 Å². The van der Waals surface area contributed by atoms with Gasteiger partial charge in [0.1, 0.15) is 17.7 Å². The molecule has 1 aliphatic heterocycles. The predicted molar refractivity (Wildman–Crippen MR) is 119 cm³/mol. The average Bonchev–Trinajstić information content (AvgIpc) is 2.91. The van der Waals surface area contributed by atoms with Gasteiger partial charge in [-0.05, 0) is 36.4 Å². The molecule has 3 amide bonds. The van der Waals surface area contributed by atoms with Crippen LogP contribution in [0.4, 0.5) is 25.0 Å². The van der Waals surface area contributed by atoms with Gasteiger partial charge >= 0.3 is 6.03 Å². The summed E-state index contributed by atoms with van der Waals surface area (Å²) in [6.07, 6.45) is -1.39. The molecule has 3 aromatic carbocycles. The van der Waals surface area contributed by atoms with Crippen LogP contribution in [0.2, 0.25) is 0 Å². The lowest BCUT2D eigenvalue weighted by Crippen LogP contribution is -2.47. The van der Waals surface area contributed by atoms with E-state index < -0.39 is 29.7 Å². The van der Waals surface area contributed by atoms with E-state index in [0.29, 0.717) is 11.3 Å². The summed E-state index contributed by atoms with van der Waals surface area (Å²) < 4.78 is 28.0. The number of amides is 3. The molecule has 2 N–H and O–H groups in total. The minimum absolute atomic E-state index is 0.0624. The van der Waals surface area contributed by atoms with Crippen LogP contribution in [0.25, 0.3) is 0 Å². The quantitative estimate of drug-likeness (QED) is 0.642. The van der Waals surface area contributed by atoms with Gasteiger partial charge in [-0.15, -0.1) is 0 Å². The number of nitrogens with one attached hydrogen (secondary N) is 2. The number of benzene rings is 3. The lowest BCUT2D eigenvalue weighted by atomic mass is 10.00. The van der Waals surface area contributed by atoms with Gasteiger partial charge in [0.2, 0.25) is 6.17 Å². The maximum absolute atomic E-state index is 14.6. The second kappa shape index (κ2) is 8.88. The maximum Gasteiger partial charge on any atom is 0.321 e. The molecule has 1 aliphatic rings. The predicted octanol–water partition coefficient (Wildman–Crippen LogP) is 3.80. The first kappa shape index (κ1) is 21.6. The van der Waals surface area contributed by atoms with Crippen molar-refractivity contribution in [2.24, 2.45) is 4.99 Å². The highest BCUT2D eigenvalue weighted by Crippen LogP contribution is 2.28. The van der Waals surface area contributed by atoms with Gasteiger partial charge in [-0.1, -0.05) is 30.3 Å². The third-order valence-electron chi connectivity index (χ3n) is 5.09. The van der Waals surface area contributed by atoms with Gasteiger partial charge in [0.05, 0.1) is 22.6 Å². The summed E-state index contributed by atoms with van der Waals surface area (Å²) in [6.45, 7) is 0. The number of carbonyl (C=O) groups is 2. The number of rotatable bonds is 3. The number of aliphatic imine (C=N–C) groups is 1. The molecule has 3 aromatic rings. The van der Waals surface area contributed by atoms with Crippen LogP contribution in [0.1, 0.15) is 16.7 Å². The molecular formula is C24H17F2N5O2. The monoisotopic (exact) mass is 445 g/mol. The highest BCUT2D eigenvalue weighted by atomic mass is 19.1. The zero-order valence-corrected chi connectivity index (χ0v) is 17.3. The molecule has 0 fully saturated rings. The third-order valence-corrected chi connectivity index (χ3v) is 5.09. The fourth-order valence-electron chi connectivity index (χ4n) is 3.48. The van der Waals surface area contributed by atoms with E-state index in [2.05, 4.69) is 15.6 Å². The van der Waals surface area contributed by atoms with Crippen molar-refractivity contribution in [3.8, 4) is 6.07 Å². The molecule has 1 unspecified atom stereocenters. The second-order valence-corrected chi connectivity index (χ2v) is 7.17. The van der Waals surface area contributed by atoms with Crippen molar-refractivity contribution >= 4 is 29.0 Å². The Labute approximate surface area is 188 Å². The molecule has 1 heterocycles. The summed E-state index contributed by atoms with van der Waals surface area (Å²) in [5.41, 5.74) is 1.37. The van der Waals surface area contributed by atoms with Crippen LogP contribution in [0.15, 0.2) is 71.7 Å². The van der Waals surface area contributed by atoms with Crippen LogP contribution in [-0.2, 0) is 4.79 Å². The topological polar surface area (TPSA) is 97.6 Å². The lowest BCUT2D eigenvalue weighted by Gasteiger charge is -2.21. The number of para-hydroxylation sites is 1. The Kier molecular flexibility index (Phi) is 5.83. The Morgan fingerprint density at radius 1 is 1.06 bits per heavy atom. The number of benzodiazepines with no additional fused rings is 1. The first-order valence-corrected chi connectivity index (χ1v) is 9.86. The Bertz CT molecular complexity index is 1330. The van der Waals surface area contributed by atoms with Crippen molar-refractivity contribution in [3.05, 3.63) is 95.1 Å². The van der Waals surface area contributed by atoms with Crippen molar-refractivity contribution < 1.29 is 18.4 Å². The number of nitriles is 1. The van der Waals surface area contributed by atoms with E-state index in [1.54, 1.807) is 36.4 Å². The molecule has 1 atom stereocenters. The van der Waals surface area contributed by atoms with Crippen molar-refractivity contribution in [2.75, 3.05) is 17.3 Å². The minimum Gasteiger partial charge on any atom is -0.311 e. The van der Waals surface area contributed by atoms with Gasteiger partial charge in [0.25, 0.3) is 5.91 Å². The number of nitrogens with zero attached hydrogens (tertiary/aromatic N) is 3. The molecule has 0 saturated heterocycles. The molecule has 0 radical (unpaired) electrons. The molecule has 0 saturated carbocycles. The smallest absolute Gasteiger partial charge is 0.311 e. The van der Waals surface area contributed by atoms with E-state index in [9.17, 15) is 23.6 Å². The number of fused-ring (bicyclic) bond motifs is 1. The van der Waals surface area contributed by atoms with Crippen LogP contribution < -0.4 is 15.5 Å². The highest BCUT2D eigenvalue weighted by molar-refractivity contribution is 6.20. The SMILES string of the molecule is CN1C(=O)C(NC(=O)Nc2ccc(F)cc2C#N)N=C(c2ccccc2F)c2ccccc21. The molecule has 164 valence electrons. The first-order valence-electron chi connectivity index (χ1n) is 9.86. The van der Waals surface area contributed by atoms with Crippen LogP contribution in [0.3, 0.4) is 0 Å². The number of halogens is 2. The fraction of sp³-hybridized carbons (Fsp3) is 0.0833. The van der Waals surface area contributed by atoms with Crippen LogP contribution >= 0.6 is 0 Å². The van der Waals surface area contributed by atoms with E-state index in [1.165, 1.54) is 36.2 Å². The van der Waals surface area contributed by atoms with Crippen LogP contribution in [0.5, 0.6) is 0 Å². The van der Waals surface area contributed by atoms with Crippen molar-refractivity contribution in [3.63, 3.8) is 0 Å². The molecule has 0 bridgehead atoms. The van der Waals surface area contributed by atoms with Gasteiger partial charge < -0.3 is 15.5 Å². The molecule has 0 aliphatic carbocycles. The van der Waals surface area contributed by atoms with Gasteiger partial charge in [0, 0.05) is 18.2 Å². The number of hydrogen-bond donors (Lipinski definition) is 2. The maximum atomic E-state index is 14.6. The third kappa shape index (κ3) is 4.27. The minimum atomic E-state index is -1.39. The lowest BCUT2D eigenvalue weighted by molar-refractivity contribution is -0.119. The summed E-state index contributed by atoms with van der Waals surface area (Å²) in [6, 6.07) is 17.1. The Morgan fingerprint density at radius 2 is 1.76 bits per heavy atom. The summed E-state index contributed by atoms with van der Waals surface area (Å²) in [5, 5.41) is 14.1. The largest absolute Gasteiger partial charge is 0.321 e. The van der Waals surface area contributed by atoms with E-state index in [1.807, 2.05) is 0 Å². The van der Waals surface area contributed by atoms with Crippen LogP contribution in [0, 0.1) is 23.0 Å². The van der Waals surface area contributed by atoms with Crippen LogP contribution in [-0.4, -0.2) is 30.9 Å². The van der Waals surface area contributed by atoms with E-state index in [-0.39, 0.29) is 22.5 Å². The number of urea groups is 1. The summed E-state index contributed by atoms with van der Waals surface area (Å²) in [7, 11) is 1.53. The van der Waals surface area contributed by atoms with Crippen molar-refractivity contribution in [1.82, 2.24) is 5.32 Å². The molecular weight excluding hydrogens is 428 g/mol. The van der Waals surface area contributed by atoms with Gasteiger partial charge in [0.15, 0.2) is 0 Å². The average molecular weight is 445 g/mol. The summed E-state index contributed by atoms with van der Waals surface area (Å²) in [5.74, 6) is -1.71. The number of hydrogen-bond acceptors (Lipinski definition) is 4. The van der Waals surface area contributed by atoms with E-state index in [4.69, 9.17) is 0 Å². The van der Waals surface area contributed by atoms with E-state index in [0.717, 1.165) is 12.1 Å². The number of likely N-dealkylation sites (N-methyl/N-ethyl adjacent to an activating group) is 1. The molecule has 0 aromatic heterocycles. The molecule has 4 rings (SSSR count). The van der Waals surface area contributed by atoms with Crippen molar-refractivity contribution in [1.29, 1.82) is 5.26 Å². The zero-order valence-electron chi connectivity index (χ0n) is 17.3. The Morgan fingerprint density at radius 3 is 2.48 bits per heavy atom. The number of carbonyl (C=O) groups excluding carboxylic acids is 2. The summed E-state index contributed by atoms with van der Waals surface area (Å²) in [4.78, 5) is 31.5. The van der Waals surface area contributed by atoms with Gasteiger partial charge in [-0.3, -0.25) is 4.79 Å². The molecule has 9 heteroatoms. The standard InChI is InChI=1S/C24H17F2N5O2/c1-31-20-9-5-3-7-17(20)21(16-6-2-4-8-18(16)26)29-22(23(31)32)30-24(33)28-19-11-10-15(25)12-14(19)13-27/h2-12,22H,1H3,(H2,28,30,33). The zero-order chi connectivity index (χ0) is 23.5. The first-order chi connectivity index (χ1) is 15.9. The molecule has 0 spiro atoms. The van der Waals surface area contributed by atoms with Crippen molar-refractivity contribution in [2.45, 2.75) is 6.17 Å². The Balaban J connectivity index is 1.72. The summed E-state index contributed by atoms with van der Waals surface area (Å²) >= 11 is 0. The van der Waals surface area contributed by atoms with Gasteiger partial charge in [-0.25, -0.2) is 18.6 Å². The highest BCUT2D eigenvalue weighted by Gasteiger charge is 2.31. The number of anilines is 2. The second-order valence-electron chi connectivity index (χ2n) is 7.17. The molecule has 7 nitrogen and oxygen atoms in total. The van der Waals surface area contributed by atoms with E-state index >= 15 is 0 Å².